The number of nitrogens with one attached hydrogen (secondary N) is 1. The average Bonchev–Trinajstić information content (AvgIpc) is 3.40. The van der Waals surface area contributed by atoms with E-state index in [2.05, 4.69) is 20.3 Å². The van der Waals surface area contributed by atoms with Crippen molar-refractivity contribution < 1.29 is 22.7 Å². The molecule has 14 heteroatoms. The van der Waals surface area contributed by atoms with E-state index in [-0.39, 0.29) is 24.5 Å². The number of anilines is 1. The lowest BCUT2D eigenvalue weighted by molar-refractivity contribution is -0.140. The number of carbonyl (C=O) groups is 1. The molecule has 10 nitrogen and oxygen atoms in total. The number of thiazole rings is 1. The number of fused-ring (bicyclic) bond motifs is 1. The topological polar surface area (TPSA) is 109 Å². The summed E-state index contributed by atoms with van der Waals surface area (Å²) in [4.78, 5) is 31.4. The highest BCUT2D eigenvalue weighted by atomic mass is 32.1. The first kappa shape index (κ1) is 23.2. The Morgan fingerprint density at radius 2 is 2.00 bits per heavy atom. The largest absolute Gasteiger partial charge is 0.434 e. The van der Waals surface area contributed by atoms with E-state index in [0.717, 1.165) is 16.7 Å². The summed E-state index contributed by atoms with van der Waals surface area (Å²) in [6, 6.07) is 0. The van der Waals surface area contributed by atoms with Gasteiger partial charge >= 0.3 is 6.18 Å². The molecule has 33 heavy (non-hydrogen) atoms. The maximum Gasteiger partial charge on any atom is 0.434 e. The van der Waals surface area contributed by atoms with Crippen molar-refractivity contribution in [3.8, 4) is 0 Å². The van der Waals surface area contributed by atoms with Crippen molar-refractivity contribution in [2.75, 3.05) is 44.3 Å². The van der Waals surface area contributed by atoms with Gasteiger partial charge in [-0.05, 0) is 6.92 Å². The normalized spacial score (nSPS) is 14.9. The molecule has 0 saturated carbocycles. The van der Waals surface area contributed by atoms with Crippen LogP contribution in [0, 0.1) is 6.92 Å². The van der Waals surface area contributed by atoms with E-state index in [1.807, 2.05) is 0 Å². The number of hydrogen-bond acceptors (Lipinski definition) is 8. The quantitative estimate of drug-likeness (QED) is 0.507. The molecule has 0 aromatic carbocycles. The maximum absolute atomic E-state index is 12.7. The highest BCUT2D eigenvalue weighted by Gasteiger charge is 2.34. The first-order chi connectivity index (χ1) is 15.7. The predicted molar refractivity (Wildman–Crippen MR) is 114 cm³/mol. The molecule has 0 unspecified atom stereocenters. The highest BCUT2D eigenvalue weighted by Crippen LogP contribution is 2.33. The van der Waals surface area contributed by atoms with Gasteiger partial charge in [-0.25, -0.2) is 10.1 Å². The second-order valence-electron chi connectivity index (χ2n) is 7.51. The van der Waals surface area contributed by atoms with Gasteiger partial charge in [-0.1, -0.05) is 0 Å². The van der Waals surface area contributed by atoms with Gasteiger partial charge in [0.15, 0.2) is 10.8 Å². The van der Waals surface area contributed by atoms with Gasteiger partial charge in [0, 0.05) is 31.6 Å². The van der Waals surface area contributed by atoms with E-state index >= 15 is 0 Å². The van der Waals surface area contributed by atoms with E-state index in [9.17, 15) is 22.8 Å². The average molecular weight is 485 g/mol. The Balaban J connectivity index is 1.19. The van der Waals surface area contributed by atoms with Crippen molar-refractivity contribution in [3.63, 3.8) is 0 Å². The molecule has 1 amide bonds. The Bertz CT molecular complexity index is 1180. The fourth-order valence-corrected chi connectivity index (χ4v) is 4.53. The Morgan fingerprint density at radius 3 is 2.70 bits per heavy atom. The third kappa shape index (κ3) is 5.16. The number of piperazine rings is 1. The standard InChI is InChI=1S/C19H22F3N7O3S/c1-12-16-13(10-23-25-17(16)31)29(26-12)7-9-32-8-2-15(30)27-3-5-28(6-4-27)18-24-14(11-33-18)19(20,21)22/h10-11H,2-9H2,1H3,(H,25,31). The van der Waals surface area contributed by atoms with Crippen molar-refractivity contribution in [3.05, 3.63) is 33.3 Å². The summed E-state index contributed by atoms with van der Waals surface area (Å²) in [7, 11) is 0. The van der Waals surface area contributed by atoms with E-state index < -0.39 is 11.9 Å². The minimum atomic E-state index is -4.45. The van der Waals surface area contributed by atoms with E-state index in [1.165, 1.54) is 6.20 Å². The number of amides is 1. The van der Waals surface area contributed by atoms with Gasteiger partial charge in [-0.2, -0.15) is 23.4 Å². The van der Waals surface area contributed by atoms with Crippen molar-refractivity contribution in [2.24, 2.45) is 0 Å². The fourth-order valence-electron chi connectivity index (χ4n) is 3.65. The third-order valence-electron chi connectivity index (χ3n) is 5.34. The molecule has 0 spiro atoms. The number of hydrogen-bond donors (Lipinski definition) is 1. The number of nitrogens with zero attached hydrogens (tertiary/aromatic N) is 6. The molecule has 1 aliphatic heterocycles. The summed E-state index contributed by atoms with van der Waals surface area (Å²) >= 11 is 0.954. The highest BCUT2D eigenvalue weighted by molar-refractivity contribution is 7.13. The second-order valence-corrected chi connectivity index (χ2v) is 8.35. The lowest BCUT2D eigenvalue weighted by Gasteiger charge is -2.34. The van der Waals surface area contributed by atoms with Gasteiger partial charge in [0.1, 0.15) is 0 Å². The molecule has 0 radical (unpaired) electrons. The molecule has 0 aliphatic carbocycles. The van der Waals surface area contributed by atoms with Gasteiger partial charge in [-0.3, -0.25) is 14.3 Å². The minimum Gasteiger partial charge on any atom is -0.379 e. The number of H-pyrrole nitrogens is 1. The molecule has 0 atom stereocenters. The molecule has 4 rings (SSSR count). The van der Waals surface area contributed by atoms with Crippen LogP contribution < -0.4 is 10.5 Å². The first-order valence-electron chi connectivity index (χ1n) is 10.3. The molecule has 1 aliphatic rings. The summed E-state index contributed by atoms with van der Waals surface area (Å²) in [5, 5.41) is 12.3. The van der Waals surface area contributed by atoms with Crippen molar-refractivity contribution in [1.82, 2.24) is 29.9 Å². The van der Waals surface area contributed by atoms with Crippen LogP contribution in [0.4, 0.5) is 18.3 Å². The van der Waals surface area contributed by atoms with Gasteiger partial charge in [0.25, 0.3) is 5.56 Å². The van der Waals surface area contributed by atoms with Crippen LogP contribution in [0.5, 0.6) is 0 Å². The summed E-state index contributed by atoms with van der Waals surface area (Å²) in [6.07, 6.45) is -2.71. The minimum absolute atomic E-state index is 0.0686. The van der Waals surface area contributed by atoms with Gasteiger partial charge < -0.3 is 14.5 Å². The number of aryl methyl sites for hydroxylation is 1. The van der Waals surface area contributed by atoms with Crippen LogP contribution in [0.2, 0.25) is 0 Å². The predicted octanol–water partition coefficient (Wildman–Crippen LogP) is 1.66. The zero-order chi connectivity index (χ0) is 23.6. The number of carbonyl (C=O) groups excluding carboxylic acids is 1. The zero-order valence-electron chi connectivity index (χ0n) is 17.8. The number of aromatic nitrogens is 5. The Hall–Kier alpha value is -3.00. The molecule has 1 saturated heterocycles. The zero-order valence-corrected chi connectivity index (χ0v) is 18.6. The van der Waals surface area contributed by atoms with Gasteiger partial charge in [-0.15, -0.1) is 11.3 Å². The van der Waals surface area contributed by atoms with Crippen LogP contribution in [0.1, 0.15) is 17.8 Å². The van der Waals surface area contributed by atoms with Crippen molar-refractivity contribution in [2.45, 2.75) is 26.1 Å². The SMILES string of the molecule is Cc1nn(CCOCCC(=O)N2CCN(c3nc(C(F)(F)F)cs3)CC2)c2cn[nH]c(=O)c12. The van der Waals surface area contributed by atoms with Crippen LogP contribution in [0.25, 0.3) is 10.9 Å². The van der Waals surface area contributed by atoms with E-state index in [4.69, 9.17) is 4.74 Å². The Kier molecular flexibility index (Phi) is 6.65. The molecule has 1 N–H and O–H groups in total. The molecule has 0 bridgehead atoms. The van der Waals surface area contributed by atoms with Crippen molar-refractivity contribution >= 4 is 33.3 Å². The maximum atomic E-state index is 12.7. The van der Waals surface area contributed by atoms with Crippen LogP contribution in [0.15, 0.2) is 16.4 Å². The Labute approximate surface area is 190 Å². The number of halogens is 3. The smallest absolute Gasteiger partial charge is 0.379 e. The summed E-state index contributed by atoms with van der Waals surface area (Å²) in [5.74, 6) is -0.0686. The molecule has 3 aromatic heterocycles. The lowest BCUT2D eigenvalue weighted by Crippen LogP contribution is -2.49. The number of rotatable bonds is 7. The first-order valence-corrected chi connectivity index (χ1v) is 11.2. The molecular weight excluding hydrogens is 463 g/mol. The fraction of sp³-hybridized carbons (Fsp3) is 0.526. The van der Waals surface area contributed by atoms with E-state index in [1.54, 1.807) is 21.4 Å². The lowest BCUT2D eigenvalue weighted by atomic mass is 10.3. The van der Waals surface area contributed by atoms with E-state index in [0.29, 0.717) is 61.1 Å². The molecule has 1 fully saturated rings. The van der Waals surface area contributed by atoms with Gasteiger partial charge in [0.2, 0.25) is 5.91 Å². The van der Waals surface area contributed by atoms with Gasteiger partial charge in [0.05, 0.1) is 49.0 Å². The molecule has 4 heterocycles. The van der Waals surface area contributed by atoms with Crippen LogP contribution in [-0.2, 0) is 22.3 Å². The molecule has 3 aromatic rings. The number of aromatic amines is 1. The second kappa shape index (κ2) is 9.47. The van der Waals surface area contributed by atoms with Crippen LogP contribution in [-0.4, -0.2) is 75.2 Å². The van der Waals surface area contributed by atoms with Crippen LogP contribution in [0.3, 0.4) is 0 Å². The third-order valence-corrected chi connectivity index (χ3v) is 6.24. The summed E-state index contributed by atoms with van der Waals surface area (Å²) < 4.78 is 45.4. The Morgan fingerprint density at radius 1 is 1.24 bits per heavy atom. The number of ether oxygens (including phenoxy) is 1. The summed E-state index contributed by atoms with van der Waals surface area (Å²) in [6.45, 7) is 4.40. The summed E-state index contributed by atoms with van der Waals surface area (Å²) in [5.41, 5.74) is 0.0460. The monoisotopic (exact) mass is 485 g/mol. The van der Waals surface area contributed by atoms with Crippen molar-refractivity contribution in [1.29, 1.82) is 0 Å². The molecular formula is C19H22F3N7O3S. The van der Waals surface area contributed by atoms with Crippen LogP contribution >= 0.6 is 11.3 Å². The number of alkyl halides is 3. The molecule has 178 valence electrons.